The molecule has 1 aliphatic heterocycles. The lowest BCUT2D eigenvalue weighted by Gasteiger charge is -2.26. The molecule has 0 atom stereocenters. The van der Waals surface area contributed by atoms with Gasteiger partial charge in [-0.05, 0) is 36.8 Å². The molecule has 1 aliphatic rings. The van der Waals surface area contributed by atoms with E-state index in [1.807, 2.05) is 66.1 Å². The number of para-hydroxylation sites is 1. The summed E-state index contributed by atoms with van der Waals surface area (Å²) in [6.07, 6.45) is 0. The fourth-order valence-electron chi connectivity index (χ4n) is 3.59. The van der Waals surface area contributed by atoms with E-state index in [0.29, 0.717) is 17.0 Å². The first-order valence-corrected chi connectivity index (χ1v) is 11.0. The van der Waals surface area contributed by atoms with Crippen LogP contribution in [0.2, 0.25) is 0 Å². The van der Waals surface area contributed by atoms with Crippen LogP contribution in [0.25, 0.3) is 10.9 Å². The van der Waals surface area contributed by atoms with Crippen LogP contribution in [0.5, 0.6) is 11.5 Å². The molecule has 1 amide bonds. The highest BCUT2D eigenvalue weighted by atomic mass is 32.2. The maximum absolute atomic E-state index is 13.2. The van der Waals surface area contributed by atoms with E-state index in [1.165, 1.54) is 0 Å². The van der Waals surface area contributed by atoms with Crippen molar-refractivity contribution in [2.75, 3.05) is 44.1 Å². The minimum atomic E-state index is -0.0534. The van der Waals surface area contributed by atoms with Crippen LogP contribution in [0.3, 0.4) is 0 Å². The van der Waals surface area contributed by atoms with Crippen molar-refractivity contribution in [2.45, 2.75) is 6.92 Å². The lowest BCUT2D eigenvalue weighted by molar-refractivity contribution is 0.0767. The number of methoxy groups -OCH3 is 2. The van der Waals surface area contributed by atoms with Crippen molar-refractivity contribution in [1.82, 2.24) is 9.88 Å². The van der Waals surface area contributed by atoms with Gasteiger partial charge in [-0.3, -0.25) is 4.79 Å². The summed E-state index contributed by atoms with van der Waals surface area (Å²) in [6.45, 7) is 3.51. The third kappa shape index (κ3) is 4.03. The molecule has 0 radical (unpaired) electrons. The first-order chi connectivity index (χ1) is 14.6. The summed E-state index contributed by atoms with van der Waals surface area (Å²) in [6, 6.07) is 13.5. The highest BCUT2D eigenvalue weighted by molar-refractivity contribution is 7.99. The number of hydrogen-bond donors (Lipinski definition) is 1. The molecule has 3 aromatic rings. The summed E-state index contributed by atoms with van der Waals surface area (Å²) in [5.74, 6) is 3.22. The van der Waals surface area contributed by atoms with Gasteiger partial charge in [0.1, 0.15) is 22.7 Å². The largest absolute Gasteiger partial charge is 0.495 e. The fraction of sp³-hybridized carbons (Fsp3) is 0.304. The van der Waals surface area contributed by atoms with Gasteiger partial charge < -0.3 is 19.7 Å². The van der Waals surface area contributed by atoms with Crippen molar-refractivity contribution in [2.24, 2.45) is 0 Å². The molecule has 6 nitrogen and oxygen atoms in total. The summed E-state index contributed by atoms with van der Waals surface area (Å²) < 4.78 is 11.1. The second-order valence-electron chi connectivity index (χ2n) is 7.14. The number of benzene rings is 2. The molecule has 0 unspecified atom stereocenters. The Morgan fingerprint density at radius 2 is 1.80 bits per heavy atom. The highest BCUT2D eigenvalue weighted by Gasteiger charge is 2.22. The molecule has 156 valence electrons. The number of fused-ring (bicyclic) bond motifs is 1. The second kappa shape index (κ2) is 8.83. The molecule has 2 aromatic carbocycles. The Balaban J connectivity index is 1.83. The smallest absolute Gasteiger partial charge is 0.272 e. The maximum Gasteiger partial charge on any atom is 0.272 e. The van der Waals surface area contributed by atoms with E-state index in [4.69, 9.17) is 9.47 Å². The van der Waals surface area contributed by atoms with Gasteiger partial charge in [-0.2, -0.15) is 11.8 Å². The van der Waals surface area contributed by atoms with Gasteiger partial charge in [0.2, 0.25) is 0 Å². The molecule has 0 aliphatic carbocycles. The van der Waals surface area contributed by atoms with Gasteiger partial charge in [-0.25, -0.2) is 4.98 Å². The van der Waals surface area contributed by atoms with Crippen molar-refractivity contribution < 1.29 is 14.3 Å². The van der Waals surface area contributed by atoms with Gasteiger partial charge in [-0.1, -0.05) is 18.2 Å². The minimum absolute atomic E-state index is 0.0534. The van der Waals surface area contributed by atoms with Gasteiger partial charge in [0.05, 0.1) is 25.6 Å². The summed E-state index contributed by atoms with van der Waals surface area (Å²) in [5.41, 5.74) is 3.80. The molecular formula is C23H25N3O3S. The van der Waals surface area contributed by atoms with Crippen molar-refractivity contribution >= 4 is 39.9 Å². The fourth-order valence-corrected chi connectivity index (χ4v) is 4.50. The first kappa shape index (κ1) is 20.3. The number of nitrogens with one attached hydrogen (secondary N) is 1. The van der Waals surface area contributed by atoms with Gasteiger partial charge in [0, 0.05) is 30.0 Å². The lowest BCUT2D eigenvalue weighted by Crippen LogP contribution is -2.38. The number of aromatic nitrogens is 1. The Kier molecular flexibility index (Phi) is 5.99. The Bertz CT molecular complexity index is 1080. The summed E-state index contributed by atoms with van der Waals surface area (Å²) in [5, 5.41) is 4.34. The van der Waals surface area contributed by atoms with Gasteiger partial charge in [0.25, 0.3) is 5.91 Å². The number of hydrogen-bond acceptors (Lipinski definition) is 6. The SMILES string of the molecule is COc1ccc(C)cc1Nc1cc(C(=O)N2CCSCC2)nc2c(OC)cccc12. The molecule has 1 fully saturated rings. The third-order valence-electron chi connectivity index (χ3n) is 5.16. The van der Waals surface area contributed by atoms with Crippen molar-refractivity contribution in [3.8, 4) is 11.5 Å². The monoisotopic (exact) mass is 423 g/mol. The molecule has 0 bridgehead atoms. The van der Waals surface area contributed by atoms with Crippen molar-refractivity contribution in [3.05, 3.63) is 53.7 Å². The number of thioether (sulfide) groups is 1. The van der Waals surface area contributed by atoms with E-state index in [9.17, 15) is 4.79 Å². The predicted octanol–water partition coefficient (Wildman–Crippen LogP) is 4.49. The van der Waals surface area contributed by atoms with E-state index in [1.54, 1.807) is 14.2 Å². The molecular weight excluding hydrogens is 398 g/mol. The number of anilines is 2. The average molecular weight is 424 g/mol. The number of aryl methyl sites for hydroxylation is 1. The third-order valence-corrected chi connectivity index (χ3v) is 6.11. The summed E-state index contributed by atoms with van der Waals surface area (Å²) in [4.78, 5) is 19.7. The van der Waals surface area contributed by atoms with Crippen LogP contribution in [0.1, 0.15) is 16.1 Å². The molecule has 0 spiro atoms. The van der Waals surface area contributed by atoms with Gasteiger partial charge >= 0.3 is 0 Å². The van der Waals surface area contributed by atoms with Crippen LogP contribution >= 0.6 is 11.8 Å². The van der Waals surface area contributed by atoms with Crippen molar-refractivity contribution in [3.63, 3.8) is 0 Å². The van der Waals surface area contributed by atoms with Crippen LogP contribution in [-0.2, 0) is 0 Å². The topological polar surface area (TPSA) is 63.7 Å². The second-order valence-corrected chi connectivity index (χ2v) is 8.37. The zero-order valence-electron chi connectivity index (χ0n) is 17.4. The van der Waals surface area contributed by atoms with Gasteiger partial charge in [-0.15, -0.1) is 0 Å². The molecule has 1 N–H and O–H groups in total. The minimum Gasteiger partial charge on any atom is -0.495 e. The van der Waals surface area contributed by atoms with Crippen LogP contribution in [0.15, 0.2) is 42.5 Å². The molecule has 0 saturated carbocycles. The highest BCUT2D eigenvalue weighted by Crippen LogP contribution is 2.35. The zero-order chi connectivity index (χ0) is 21.1. The maximum atomic E-state index is 13.2. The molecule has 2 heterocycles. The number of carbonyl (C=O) groups excluding carboxylic acids is 1. The molecule has 1 aromatic heterocycles. The number of nitrogens with zero attached hydrogens (tertiary/aromatic N) is 2. The van der Waals surface area contributed by atoms with Crippen LogP contribution in [-0.4, -0.2) is 54.6 Å². The number of ether oxygens (including phenoxy) is 2. The van der Waals surface area contributed by atoms with Crippen molar-refractivity contribution in [1.29, 1.82) is 0 Å². The lowest BCUT2D eigenvalue weighted by atomic mass is 10.1. The zero-order valence-corrected chi connectivity index (χ0v) is 18.2. The van der Waals surface area contributed by atoms with E-state index in [0.717, 1.165) is 52.7 Å². The summed E-state index contributed by atoms with van der Waals surface area (Å²) in [7, 11) is 3.26. The Morgan fingerprint density at radius 3 is 2.53 bits per heavy atom. The van der Waals surface area contributed by atoms with E-state index in [-0.39, 0.29) is 5.91 Å². The molecule has 30 heavy (non-hydrogen) atoms. The number of rotatable bonds is 5. The molecule has 4 rings (SSSR count). The van der Waals surface area contributed by atoms with E-state index < -0.39 is 0 Å². The standard InChI is InChI=1S/C23H25N3O3S/c1-15-7-8-20(28-2)18(13-15)24-17-14-19(23(27)26-9-11-30-12-10-26)25-22-16(17)5-4-6-21(22)29-3/h4-8,13-14H,9-12H2,1-3H3,(H,24,25). The Morgan fingerprint density at radius 1 is 1.03 bits per heavy atom. The van der Waals surface area contributed by atoms with Gasteiger partial charge in [0.15, 0.2) is 0 Å². The Hall–Kier alpha value is -2.93. The molecule has 7 heteroatoms. The van der Waals surface area contributed by atoms with Crippen LogP contribution in [0, 0.1) is 6.92 Å². The number of carbonyl (C=O) groups is 1. The van der Waals surface area contributed by atoms with E-state index in [2.05, 4.69) is 10.3 Å². The summed E-state index contributed by atoms with van der Waals surface area (Å²) >= 11 is 1.87. The van der Waals surface area contributed by atoms with E-state index >= 15 is 0 Å². The average Bonchev–Trinajstić information content (AvgIpc) is 2.79. The first-order valence-electron chi connectivity index (χ1n) is 9.87. The Labute approximate surface area is 180 Å². The number of amides is 1. The quantitative estimate of drug-likeness (QED) is 0.652. The van der Waals surface area contributed by atoms with Crippen LogP contribution < -0.4 is 14.8 Å². The molecule has 1 saturated heterocycles. The predicted molar refractivity (Wildman–Crippen MR) is 123 cm³/mol. The van der Waals surface area contributed by atoms with Crippen LogP contribution in [0.4, 0.5) is 11.4 Å². The number of pyridine rings is 1. The normalized spacial score (nSPS) is 13.9.